The molecule has 1 amide bonds. The minimum atomic E-state index is 0.0755. The molecule has 1 aromatic carbocycles. The number of nitrogens with two attached hydrogens (primary N) is 1. The van der Waals surface area contributed by atoms with E-state index in [9.17, 15) is 4.79 Å². The number of nitrogens with zero attached hydrogens (tertiary/aromatic N) is 1. The van der Waals surface area contributed by atoms with Gasteiger partial charge in [0.25, 0.3) is 0 Å². The zero-order chi connectivity index (χ0) is 13.7. The second kappa shape index (κ2) is 6.57. The monoisotopic (exact) mass is 261 g/mol. The van der Waals surface area contributed by atoms with Gasteiger partial charge in [0.2, 0.25) is 5.91 Å². The molecule has 1 fully saturated rings. The van der Waals surface area contributed by atoms with Crippen molar-refractivity contribution in [3.63, 3.8) is 0 Å². The fourth-order valence-electron chi connectivity index (χ4n) is 2.24. The molecule has 0 aromatic heterocycles. The summed E-state index contributed by atoms with van der Waals surface area (Å²) >= 11 is 0. The highest BCUT2D eigenvalue weighted by atomic mass is 16.1. The molecule has 4 heteroatoms. The predicted octanol–water partition coefficient (Wildman–Crippen LogP) is 2.47. The van der Waals surface area contributed by atoms with Crippen LogP contribution in [-0.4, -0.2) is 29.9 Å². The smallest absolute Gasteiger partial charge is 0.225 e. The number of rotatable bonds is 7. The summed E-state index contributed by atoms with van der Waals surface area (Å²) in [4.78, 5) is 14.3. The Balaban J connectivity index is 1.75. The molecule has 1 saturated carbocycles. The van der Waals surface area contributed by atoms with Gasteiger partial charge < -0.3 is 11.1 Å². The van der Waals surface area contributed by atoms with E-state index in [0.29, 0.717) is 12.1 Å². The molecule has 0 heterocycles. The predicted molar refractivity (Wildman–Crippen MR) is 79.0 cm³/mol. The average Bonchev–Trinajstić information content (AvgIpc) is 3.21. The molecule has 0 unspecified atom stereocenters. The Kier molecular flexibility index (Phi) is 4.80. The molecule has 0 spiro atoms. The highest BCUT2D eigenvalue weighted by molar-refractivity contribution is 5.90. The lowest BCUT2D eigenvalue weighted by Gasteiger charge is -2.20. The number of benzene rings is 1. The van der Waals surface area contributed by atoms with Crippen LogP contribution in [0.5, 0.6) is 0 Å². The van der Waals surface area contributed by atoms with E-state index >= 15 is 0 Å². The second-order valence-electron chi connectivity index (χ2n) is 5.19. The zero-order valence-electron chi connectivity index (χ0n) is 11.6. The molecule has 1 aromatic rings. The van der Waals surface area contributed by atoms with E-state index in [4.69, 9.17) is 5.73 Å². The summed E-state index contributed by atoms with van der Waals surface area (Å²) in [6.45, 7) is 4.14. The first-order valence-electron chi connectivity index (χ1n) is 7.08. The number of nitrogen functional groups attached to an aromatic ring is 1. The first-order chi connectivity index (χ1) is 9.19. The minimum absolute atomic E-state index is 0.0755. The molecule has 0 bridgehead atoms. The van der Waals surface area contributed by atoms with Gasteiger partial charge in [0.15, 0.2) is 0 Å². The maximum atomic E-state index is 11.9. The fourth-order valence-corrected chi connectivity index (χ4v) is 2.24. The SMILES string of the molecule is CCCN(CCC(=O)Nc1ccc(N)cc1)C1CC1. The highest BCUT2D eigenvalue weighted by Gasteiger charge is 2.28. The summed E-state index contributed by atoms with van der Waals surface area (Å²) in [6, 6.07) is 7.98. The van der Waals surface area contributed by atoms with Crippen LogP contribution < -0.4 is 11.1 Å². The van der Waals surface area contributed by atoms with Crippen molar-refractivity contribution in [2.24, 2.45) is 0 Å². The van der Waals surface area contributed by atoms with Gasteiger partial charge in [-0.3, -0.25) is 9.69 Å². The lowest BCUT2D eigenvalue weighted by atomic mass is 10.2. The molecule has 0 saturated heterocycles. The molecule has 0 radical (unpaired) electrons. The third-order valence-corrected chi connectivity index (χ3v) is 3.39. The number of anilines is 2. The summed E-state index contributed by atoms with van der Waals surface area (Å²) in [5.41, 5.74) is 7.13. The molecule has 0 aliphatic heterocycles. The third kappa shape index (κ3) is 4.56. The van der Waals surface area contributed by atoms with Crippen LogP contribution in [0.3, 0.4) is 0 Å². The Labute approximate surface area is 115 Å². The topological polar surface area (TPSA) is 58.4 Å². The van der Waals surface area contributed by atoms with Crippen LogP contribution in [0.25, 0.3) is 0 Å². The van der Waals surface area contributed by atoms with E-state index in [2.05, 4.69) is 17.1 Å². The van der Waals surface area contributed by atoms with Crippen LogP contribution in [-0.2, 0) is 4.79 Å². The number of nitrogens with one attached hydrogen (secondary N) is 1. The van der Waals surface area contributed by atoms with Crippen LogP contribution in [0.2, 0.25) is 0 Å². The van der Waals surface area contributed by atoms with Crippen molar-refractivity contribution in [1.29, 1.82) is 0 Å². The molecule has 1 aliphatic carbocycles. The first kappa shape index (κ1) is 13.9. The van der Waals surface area contributed by atoms with Gasteiger partial charge in [-0.05, 0) is 50.1 Å². The Morgan fingerprint density at radius 1 is 1.32 bits per heavy atom. The van der Waals surface area contributed by atoms with Gasteiger partial charge in [-0.25, -0.2) is 0 Å². The minimum Gasteiger partial charge on any atom is -0.399 e. The van der Waals surface area contributed by atoms with E-state index < -0.39 is 0 Å². The van der Waals surface area contributed by atoms with E-state index in [0.717, 1.165) is 31.2 Å². The highest BCUT2D eigenvalue weighted by Crippen LogP contribution is 2.26. The van der Waals surface area contributed by atoms with E-state index in [-0.39, 0.29) is 5.91 Å². The molecule has 0 atom stereocenters. The number of carbonyl (C=O) groups excluding carboxylic acids is 1. The van der Waals surface area contributed by atoms with Crippen molar-refractivity contribution in [2.75, 3.05) is 24.1 Å². The lowest BCUT2D eigenvalue weighted by Crippen LogP contribution is -2.30. The number of carbonyl (C=O) groups is 1. The van der Waals surface area contributed by atoms with Crippen LogP contribution in [0.1, 0.15) is 32.6 Å². The van der Waals surface area contributed by atoms with E-state index in [1.165, 1.54) is 12.8 Å². The van der Waals surface area contributed by atoms with Crippen molar-refractivity contribution in [1.82, 2.24) is 4.90 Å². The van der Waals surface area contributed by atoms with E-state index in [1.54, 1.807) is 12.1 Å². The summed E-state index contributed by atoms with van der Waals surface area (Å²) in [5, 5.41) is 2.90. The normalized spacial score (nSPS) is 14.6. The average molecular weight is 261 g/mol. The maximum Gasteiger partial charge on any atom is 0.225 e. The van der Waals surface area contributed by atoms with Crippen molar-refractivity contribution < 1.29 is 4.79 Å². The standard InChI is InChI=1S/C15H23N3O/c1-2-10-18(14-7-8-14)11-9-15(19)17-13-5-3-12(16)4-6-13/h3-6,14H,2,7-11,16H2,1H3,(H,17,19). The van der Waals surface area contributed by atoms with Crippen molar-refractivity contribution >= 4 is 17.3 Å². The molecule has 3 N–H and O–H groups in total. The van der Waals surface area contributed by atoms with Gasteiger partial charge in [-0.2, -0.15) is 0 Å². The summed E-state index contributed by atoms with van der Waals surface area (Å²) in [7, 11) is 0. The van der Waals surface area contributed by atoms with Crippen LogP contribution in [0.15, 0.2) is 24.3 Å². The second-order valence-corrected chi connectivity index (χ2v) is 5.19. The number of amides is 1. The Bertz CT molecular complexity index is 412. The Hall–Kier alpha value is -1.55. The zero-order valence-corrected chi connectivity index (χ0v) is 11.6. The molecule has 2 rings (SSSR count). The number of hydrogen-bond acceptors (Lipinski definition) is 3. The molecule has 1 aliphatic rings. The fraction of sp³-hybridized carbons (Fsp3) is 0.533. The number of hydrogen-bond donors (Lipinski definition) is 2. The van der Waals surface area contributed by atoms with E-state index in [1.807, 2.05) is 12.1 Å². The van der Waals surface area contributed by atoms with Gasteiger partial charge >= 0.3 is 0 Å². The third-order valence-electron chi connectivity index (χ3n) is 3.39. The first-order valence-corrected chi connectivity index (χ1v) is 7.08. The quantitative estimate of drug-likeness (QED) is 0.741. The maximum absolute atomic E-state index is 11.9. The largest absolute Gasteiger partial charge is 0.399 e. The van der Waals surface area contributed by atoms with Gasteiger partial charge in [0.1, 0.15) is 0 Å². The molecule has 19 heavy (non-hydrogen) atoms. The molecule has 4 nitrogen and oxygen atoms in total. The Morgan fingerprint density at radius 2 is 2.00 bits per heavy atom. The lowest BCUT2D eigenvalue weighted by molar-refractivity contribution is -0.116. The van der Waals surface area contributed by atoms with Gasteiger partial charge in [0.05, 0.1) is 0 Å². The van der Waals surface area contributed by atoms with Gasteiger partial charge in [-0.1, -0.05) is 6.92 Å². The summed E-state index contributed by atoms with van der Waals surface area (Å²) in [6.07, 6.45) is 4.29. The summed E-state index contributed by atoms with van der Waals surface area (Å²) in [5.74, 6) is 0.0755. The molecular weight excluding hydrogens is 238 g/mol. The summed E-state index contributed by atoms with van der Waals surface area (Å²) < 4.78 is 0. The van der Waals surface area contributed by atoms with Crippen molar-refractivity contribution in [2.45, 2.75) is 38.6 Å². The van der Waals surface area contributed by atoms with Crippen LogP contribution in [0.4, 0.5) is 11.4 Å². The Morgan fingerprint density at radius 3 is 2.58 bits per heavy atom. The van der Waals surface area contributed by atoms with Gasteiger partial charge in [0, 0.05) is 30.4 Å². The van der Waals surface area contributed by atoms with Gasteiger partial charge in [-0.15, -0.1) is 0 Å². The van der Waals surface area contributed by atoms with Crippen molar-refractivity contribution in [3.8, 4) is 0 Å². The van der Waals surface area contributed by atoms with Crippen LogP contribution in [0, 0.1) is 0 Å². The molecular formula is C15H23N3O. The van der Waals surface area contributed by atoms with Crippen LogP contribution >= 0.6 is 0 Å². The van der Waals surface area contributed by atoms with Crippen molar-refractivity contribution in [3.05, 3.63) is 24.3 Å². The molecule has 104 valence electrons.